The average Bonchev–Trinajstić information content (AvgIpc) is 2.36. The lowest BCUT2D eigenvalue weighted by atomic mass is 10.2. The molecule has 0 radical (unpaired) electrons. The second-order valence-corrected chi connectivity index (χ2v) is 7.40. The van der Waals surface area contributed by atoms with Crippen LogP contribution in [0.15, 0.2) is 34.3 Å². The van der Waals surface area contributed by atoms with Gasteiger partial charge in [-0.2, -0.15) is 0 Å². The molecule has 1 rings (SSSR count). The fraction of sp³-hybridized carbons (Fsp3) is 0.462. The van der Waals surface area contributed by atoms with Crippen molar-refractivity contribution in [3.8, 4) is 0 Å². The predicted molar refractivity (Wildman–Crippen MR) is 76.7 cm³/mol. The van der Waals surface area contributed by atoms with Gasteiger partial charge in [-0.1, -0.05) is 5.16 Å². The van der Waals surface area contributed by atoms with Crippen molar-refractivity contribution < 1.29 is 18.4 Å². The van der Waals surface area contributed by atoms with Gasteiger partial charge in [-0.25, -0.2) is 8.42 Å². The van der Waals surface area contributed by atoms with Crippen LogP contribution in [-0.4, -0.2) is 37.4 Å². The van der Waals surface area contributed by atoms with E-state index in [1.807, 2.05) is 20.8 Å². The minimum Gasteiger partial charge on any atom is -0.409 e. The molecule has 0 saturated carbocycles. The third-order valence-electron chi connectivity index (χ3n) is 2.50. The highest BCUT2D eigenvalue weighted by Gasteiger charge is 2.17. The van der Waals surface area contributed by atoms with Crippen molar-refractivity contribution in [2.75, 3.05) is 12.4 Å². The van der Waals surface area contributed by atoms with E-state index < -0.39 is 9.84 Å². The van der Waals surface area contributed by atoms with E-state index in [9.17, 15) is 8.42 Å². The fourth-order valence-electron chi connectivity index (χ4n) is 1.47. The van der Waals surface area contributed by atoms with E-state index in [2.05, 4.69) is 5.16 Å². The third-order valence-corrected chi connectivity index (χ3v) is 4.20. The number of nitrogens with two attached hydrogens (primary N) is 1. The number of amidine groups is 1. The normalized spacial score (nSPS) is 13.4. The lowest BCUT2D eigenvalue weighted by Crippen LogP contribution is -2.23. The van der Waals surface area contributed by atoms with Gasteiger partial charge < -0.3 is 15.7 Å². The van der Waals surface area contributed by atoms with Crippen molar-refractivity contribution in [2.45, 2.75) is 31.3 Å². The van der Waals surface area contributed by atoms with Crippen molar-refractivity contribution in [2.24, 2.45) is 10.9 Å². The topological polar surface area (TPSA) is 102 Å². The fourth-order valence-corrected chi connectivity index (χ4v) is 2.56. The molecule has 6 nitrogen and oxygen atoms in total. The Bertz CT molecular complexity index is 571. The van der Waals surface area contributed by atoms with E-state index in [-0.39, 0.29) is 28.7 Å². The molecule has 0 unspecified atom stereocenters. The lowest BCUT2D eigenvalue weighted by Gasteiger charge is -2.19. The summed E-state index contributed by atoms with van der Waals surface area (Å²) >= 11 is 0. The van der Waals surface area contributed by atoms with Crippen LogP contribution in [0.5, 0.6) is 0 Å². The Morgan fingerprint density at radius 1 is 1.30 bits per heavy atom. The third kappa shape index (κ3) is 4.82. The minimum absolute atomic E-state index is 0.0648. The first kappa shape index (κ1) is 16.5. The molecule has 0 aliphatic heterocycles. The quantitative estimate of drug-likeness (QED) is 0.370. The Morgan fingerprint density at radius 2 is 1.85 bits per heavy atom. The van der Waals surface area contributed by atoms with Gasteiger partial charge in [0.2, 0.25) is 0 Å². The van der Waals surface area contributed by atoms with Crippen LogP contribution < -0.4 is 5.73 Å². The molecule has 0 bridgehead atoms. The Hall–Kier alpha value is -1.60. The molecule has 3 N–H and O–H groups in total. The number of rotatable bonds is 5. The Balaban J connectivity index is 2.78. The summed E-state index contributed by atoms with van der Waals surface area (Å²) in [7, 11) is -3.40. The summed E-state index contributed by atoms with van der Waals surface area (Å²) in [5.74, 6) is -0.155. The van der Waals surface area contributed by atoms with Crippen LogP contribution in [-0.2, 0) is 14.6 Å². The molecule has 0 aliphatic carbocycles. The van der Waals surface area contributed by atoms with Crippen LogP contribution in [0.4, 0.5) is 0 Å². The van der Waals surface area contributed by atoms with Gasteiger partial charge in [0.15, 0.2) is 15.7 Å². The SMILES string of the molecule is CC(C)(C)OCCS(=O)(=O)c1ccc(/C(N)=N/O)cc1. The summed E-state index contributed by atoms with van der Waals surface area (Å²) in [5.41, 5.74) is 5.50. The summed E-state index contributed by atoms with van der Waals surface area (Å²) in [4.78, 5) is 0.185. The van der Waals surface area contributed by atoms with E-state index in [0.29, 0.717) is 5.56 Å². The summed E-state index contributed by atoms with van der Waals surface area (Å²) in [6.07, 6.45) is 0. The number of ether oxygens (including phenoxy) is 1. The number of benzene rings is 1. The standard InChI is InChI=1S/C13H20N2O4S/c1-13(2,3)19-8-9-20(17,18)11-6-4-10(5-7-11)12(14)15-16/h4-7,16H,8-9H2,1-3H3,(H2,14,15). The maximum Gasteiger partial charge on any atom is 0.180 e. The molecule has 20 heavy (non-hydrogen) atoms. The largest absolute Gasteiger partial charge is 0.409 e. The molecule has 1 aromatic rings. The van der Waals surface area contributed by atoms with Crippen LogP contribution in [0, 0.1) is 0 Å². The van der Waals surface area contributed by atoms with Crippen molar-refractivity contribution in [1.29, 1.82) is 0 Å². The smallest absolute Gasteiger partial charge is 0.180 e. The zero-order valence-corrected chi connectivity index (χ0v) is 12.6. The highest BCUT2D eigenvalue weighted by Crippen LogP contribution is 2.14. The monoisotopic (exact) mass is 300 g/mol. The van der Waals surface area contributed by atoms with Gasteiger partial charge in [-0.3, -0.25) is 0 Å². The molecule has 0 aromatic heterocycles. The molecule has 0 saturated heterocycles. The van der Waals surface area contributed by atoms with Gasteiger partial charge >= 0.3 is 0 Å². The van der Waals surface area contributed by atoms with Crippen molar-refractivity contribution >= 4 is 15.7 Å². The maximum atomic E-state index is 12.1. The number of oxime groups is 1. The second kappa shape index (κ2) is 6.23. The Morgan fingerprint density at radius 3 is 2.30 bits per heavy atom. The number of hydrogen-bond donors (Lipinski definition) is 2. The molecular formula is C13H20N2O4S. The van der Waals surface area contributed by atoms with Crippen molar-refractivity contribution in [1.82, 2.24) is 0 Å². The highest BCUT2D eigenvalue weighted by molar-refractivity contribution is 7.91. The number of sulfone groups is 1. The van der Waals surface area contributed by atoms with E-state index in [1.54, 1.807) is 0 Å². The molecule has 0 heterocycles. The van der Waals surface area contributed by atoms with Crippen LogP contribution in [0.3, 0.4) is 0 Å². The summed E-state index contributed by atoms with van der Waals surface area (Å²) in [6.45, 7) is 5.73. The van der Waals surface area contributed by atoms with Gasteiger partial charge in [-0.15, -0.1) is 0 Å². The van der Waals surface area contributed by atoms with E-state index >= 15 is 0 Å². The van der Waals surface area contributed by atoms with Crippen LogP contribution in [0.2, 0.25) is 0 Å². The molecule has 1 aromatic carbocycles. The molecule has 112 valence electrons. The summed E-state index contributed by atoms with van der Waals surface area (Å²) in [6, 6.07) is 5.85. The molecule has 0 spiro atoms. The highest BCUT2D eigenvalue weighted by atomic mass is 32.2. The summed E-state index contributed by atoms with van der Waals surface area (Å²) < 4.78 is 29.6. The van der Waals surface area contributed by atoms with Crippen LogP contribution >= 0.6 is 0 Å². The molecule has 0 aliphatic rings. The molecule has 0 atom stereocenters. The van der Waals surface area contributed by atoms with Crippen LogP contribution in [0.1, 0.15) is 26.3 Å². The predicted octanol–water partition coefficient (Wildman–Crippen LogP) is 1.37. The minimum atomic E-state index is -3.40. The summed E-state index contributed by atoms with van der Waals surface area (Å²) in [5, 5.41) is 11.4. The molecular weight excluding hydrogens is 280 g/mol. The van der Waals surface area contributed by atoms with Crippen molar-refractivity contribution in [3.05, 3.63) is 29.8 Å². The van der Waals surface area contributed by atoms with Crippen molar-refractivity contribution in [3.63, 3.8) is 0 Å². The number of hydrogen-bond acceptors (Lipinski definition) is 5. The van der Waals surface area contributed by atoms with Gasteiger partial charge in [0.25, 0.3) is 0 Å². The first-order chi connectivity index (χ1) is 9.15. The molecule has 0 amide bonds. The average molecular weight is 300 g/mol. The zero-order valence-electron chi connectivity index (χ0n) is 11.8. The number of nitrogens with zero attached hydrogens (tertiary/aromatic N) is 1. The van der Waals surface area contributed by atoms with E-state index in [0.717, 1.165) is 0 Å². The Labute approximate surface area is 119 Å². The van der Waals surface area contributed by atoms with Gasteiger partial charge in [-0.05, 0) is 45.0 Å². The molecule has 7 heteroatoms. The van der Waals surface area contributed by atoms with Gasteiger partial charge in [0.05, 0.1) is 22.9 Å². The second-order valence-electron chi connectivity index (χ2n) is 5.29. The molecule has 0 fully saturated rings. The van der Waals surface area contributed by atoms with Gasteiger partial charge in [0.1, 0.15) is 0 Å². The van der Waals surface area contributed by atoms with Gasteiger partial charge in [0, 0.05) is 5.56 Å². The Kier molecular flexibility index (Phi) is 5.13. The maximum absolute atomic E-state index is 12.1. The van der Waals surface area contributed by atoms with E-state index in [1.165, 1.54) is 24.3 Å². The van der Waals surface area contributed by atoms with Crippen LogP contribution in [0.25, 0.3) is 0 Å². The van der Waals surface area contributed by atoms with E-state index in [4.69, 9.17) is 15.7 Å². The lowest BCUT2D eigenvalue weighted by molar-refractivity contribution is 0.00644. The zero-order chi connectivity index (χ0) is 15.4. The first-order valence-electron chi connectivity index (χ1n) is 6.10. The first-order valence-corrected chi connectivity index (χ1v) is 7.75.